The topological polar surface area (TPSA) is 68.0 Å². The monoisotopic (exact) mass is 263 g/mol. The number of carboxylic acids is 1. The number of carboxylic acid groups (broad SMARTS) is 1. The van der Waals surface area contributed by atoms with Gasteiger partial charge in [-0.05, 0) is 32.0 Å². The van der Waals surface area contributed by atoms with E-state index in [4.69, 9.17) is 5.11 Å². The first-order valence-electron chi connectivity index (χ1n) is 5.79. The summed E-state index contributed by atoms with van der Waals surface area (Å²) in [7, 11) is 0. The molecule has 0 fully saturated rings. The molecule has 0 aliphatic heterocycles. The summed E-state index contributed by atoms with van der Waals surface area (Å²) in [5.74, 6) is -1.28. The third-order valence-corrected chi connectivity index (χ3v) is 2.87. The van der Waals surface area contributed by atoms with E-state index < -0.39 is 11.4 Å². The van der Waals surface area contributed by atoms with Gasteiger partial charge in [0, 0.05) is 6.42 Å². The molecule has 1 aromatic carbocycles. The van der Waals surface area contributed by atoms with Gasteiger partial charge < -0.3 is 5.11 Å². The summed E-state index contributed by atoms with van der Waals surface area (Å²) in [5.41, 5.74) is 0.207. The molecule has 0 amide bonds. The van der Waals surface area contributed by atoms with E-state index >= 15 is 0 Å². The summed E-state index contributed by atoms with van der Waals surface area (Å²) in [6, 6.07) is 5.92. The first kappa shape index (κ1) is 13.2. The van der Waals surface area contributed by atoms with Crippen LogP contribution < -0.4 is 0 Å². The van der Waals surface area contributed by atoms with Crippen molar-refractivity contribution < 1.29 is 14.3 Å². The average molecular weight is 263 g/mol. The molecule has 0 saturated heterocycles. The van der Waals surface area contributed by atoms with Gasteiger partial charge in [-0.3, -0.25) is 4.79 Å². The highest BCUT2D eigenvalue weighted by molar-refractivity contribution is 5.73. The standard InChI is InChI=1S/C13H14FN3O2/c1-13(2,12(18)19)7-11-8-15-16-17(11)10-5-3-4-9(14)6-10/h3-6,8H,7H2,1-2H3,(H,18,19). The van der Waals surface area contributed by atoms with E-state index in [-0.39, 0.29) is 12.2 Å². The minimum Gasteiger partial charge on any atom is -0.481 e. The Morgan fingerprint density at radius 1 is 1.47 bits per heavy atom. The number of aromatic nitrogens is 3. The number of rotatable bonds is 4. The zero-order valence-electron chi connectivity index (χ0n) is 10.7. The Morgan fingerprint density at radius 2 is 2.21 bits per heavy atom. The van der Waals surface area contributed by atoms with Crippen LogP contribution in [-0.4, -0.2) is 26.1 Å². The van der Waals surface area contributed by atoms with Crippen molar-refractivity contribution in [3.8, 4) is 5.69 Å². The second-order valence-electron chi connectivity index (χ2n) is 4.98. The Labute approximate surface area is 109 Å². The second kappa shape index (κ2) is 4.79. The van der Waals surface area contributed by atoms with Crippen molar-refractivity contribution in [2.45, 2.75) is 20.3 Å². The van der Waals surface area contributed by atoms with E-state index in [0.29, 0.717) is 11.4 Å². The van der Waals surface area contributed by atoms with E-state index in [1.807, 2.05) is 0 Å². The fraction of sp³-hybridized carbons (Fsp3) is 0.308. The van der Waals surface area contributed by atoms with Gasteiger partial charge in [-0.25, -0.2) is 9.07 Å². The van der Waals surface area contributed by atoms with Gasteiger partial charge in [-0.15, -0.1) is 5.10 Å². The Bertz CT molecular complexity index is 607. The number of halogens is 1. The Hall–Kier alpha value is -2.24. The third-order valence-electron chi connectivity index (χ3n) is 2.87. The molecule has 1 aromatic heterocycles. The lowest BCUT2D eigenvalue weighted by Crippen LogP contribution is -2.27. The van der Waals surface area contributed by atoms with E-state index in [1.165, 1.54) is 23.0 Å². The summed E-state index contributed by atoms with van der Waals surface area (Å²) >= 11 is 0. The van der Waals surface area contributed by atoms with Crippen LogP contribution in [0.5, 0.6) is 0 Å². The lowest BCUT2D eigenvalue weighted by Gasteiger charge is -2.18. The van der Waals surface area contributed by atoms with Gasteiger partial charge in [-0.2, -0.15) is 0 Å². The SMILES string of the molecule is CC(C)(Cc1cnnn1-c1cccc(F)c1)C(=O)O. The molecule has 2 rings (SSSR count). The quantitative estimate of drug-likeness (QED) is 0.916. The lowest BCUT2D eigenvalue weighted by molar-refractivity contribution is -0.146. The van der Waals surface area contributed by atoms with Crippen molar-refractivity contribution in [2.75, 3.05) is 0 Å². The van der Waals surface area contributed by atoms with E-state index in [2.05, 4.69) is 10.3 Å². The number of aliphatic carboxylic acids is 1. The third kappa shape index (κ3) is 2.78. The first-order valence-corrected chi connectivity index (χ1v) is 5.79. The van der Waals surface area contributed by atoms with Gasteiger partial charge in [0.05, 0.1) is 23.0 Å². The zero-order chi connectivity index (χ0) is 14.0. The maximum absolute atomic E-state index is 13.2. The fourth-order valence-corrected chi connectivity index (χ4v) is 1.73. The van der Waals surface area contributed by atoms with Crippen molar-refractivity contribution in [2.24, 2.45) is 5.41 Å². The molecule has 100 valence electrons. The smallest absolute Gasteiger partial charge is 0.309 e. The Morgan fingerprint density at radius 3 is 2.84 bits per heavy atom. The van der Waals surface area contributed by atoms with E-state index in [9.17, 15) is 9.18 Å². The number of hydrogen-bond acceptors (Lipinski definition) is 3. The van der Waals surface area contributed by atoms with Gasteiger partial charge in [-0.1, -0.05) is 11.3 Å². The summed E-state index contributed by atoms with van der Waals surface area (Å²) in [6.45, 7) is 3.25. The molecule has 5 nitrogen and oxygen atoms in total. The molecule has 0 spiro atoms. The van der Waals surface area contributed by atoms with Gasteiger partial charge in [0.25, 0.3) is 0 Å². The Balaban J connectivity index is 2.36. The maximum atomic E-state index is 13.2. The van der Waals surface area contributed by atoms with Gasteiger partial charge >= 0.3 is 5.97 Å². The van der Waals surface area contributed by atoms with Crippen LogP contribution in [0.1, 0.15) is 19.5 Å². The molecule has 0 radical (unpaired) electrons. The predicted octanol–water partition coefficient (Wildman–Crippen LogP) is 2.06. The van der Waals surface area contributed by atoms with Crippen LogP contribution in [0.3, 0.4) is 0 Å². The average Bonchev–Trinajstić information content (AvgIpc) is 2.76. The number of hydrogen-bond donors (Lipinski definition) is 1. The molecular formula is C13H14FN3O2. The molecule has 0 aliphatic carbocycles. The van der Waals surface area contributed by atoms with Crippen LogP contribution in [0.15, 0.2) is 30.5 Å². The molecule has 0 atom stereocenters. The fourth-order valence-electron chi connectivity index (χ4n) is 1.73. The van der Waals surface area contributed by atoms with Crippen molar-refractivity contribution in [3.63, 3.8) is 0 Å². The van der Waals surface area contributed by atoms with Crippen LogP contribution in [0.4, 0.5) is 4.39 Å². The predicted molar refractivity (Wildman–Crippen MR) is 66.4 cm³/mol. The maximum Gasteiger partial charge on any atom is 0.309 e. The van der Waals surface area contributed by atoms with Crippen molar-refractivity contribution in [3.05, 3.63) is 42.0 Å². The zero-order valence-corrected chi connectivity index (χ0v) is 10.7. The van der Waals surface area contributed by atoms with Gasteiger partial charge in [0.1, 0.15) is 5.82 Å². The minimum atomic E-state index is -0.938. The highest BCUT2D eigenvalue weighted by Crippen LogP contribution is 2.23. The summed E-state index contributed by atoms with van der Waals surface area (Å²) < 4.78 is 14.7. The first-order chi connectivity index (χ1) is 8.90. The Kier molecular flexibility index (Phi) is 3.33. The molecular weight excluding hydrogens is 249 g/mol. The van der Waals surface area contributed by atoms with Crippen LogP contribution in [0.25, 0.3) is 5.69 Å². The molecule has 2 aromatic rings. The van der Waals surface area contributed by atoms with Crippen LogP contribution in [0.2, 0.25) is 0 Å². The lowest BCUT2D eigenvalue weighted by atomic mass is 9.88. The highest BCUT2D eigenvalue weighted by Gasteiger charge is 2.29. The van der Waals surface area contributed by atoms with Crippen LogP contribution in [-0.2, 0) is 11.2 Å². The molecule has 1 N–H and O–H groups in total. The minimum absolute atomic E-state index is 0.256. The van der Waals surface area contributed by atoms with E-state index in [1.54, 1.807) is 26.0 Å². The van der Waals surface area contributed by atoms with E-state index in [0.717, 1.165) is 0 Å². The molecule has 19 heavy (non-hydrogen) atoms. The molecule has 0 bridgehead atoms. The molecule has 6 heteroatoms. The molecule has 0 unspecified atom stereocenters. The summed E-state index contributed by atoms with van der Waals surface area (Å²) in [5, 5.41) is 16.8. The van der Waals surface area contributed by atoms with Crippen molar-refractivity contribution >= 4 is 5.97 Å². The van der Waals surface area contributed by atoms with Crippen LogP contribution in [0, 0.1) is 11.2 Å². The molecule has 0 saturated carbocycles. The number of benzene rings is 1. The summed E-state index contributed by atoms with van der Waals surface area (Å²) in [6.07, 6.45) is 1.75. The van der Waals surface area contributed by atoms with Gasteiger partial charge in [0.15, 0.2) is 0 Å². The second-order valence-corrected chi connectivity index (χ2v) is 4.98. The summed E-state index contributed by atoms with van der Waals surface area (Å²) in [4.78, 5) is 11.1. The largest absolute Gasteiger partial charge is 0.481 e. The number of nitrogens with zero attached hydrogens (tertiary/aromatic N) is 3. The van der Waals surface area contributed by atoms with Crippen molar-refractivity contribution in [1.82, 2.24) is 15.0 Å². The van der Waals surface area contributed by atoms with Crippen LogP contribution >= 0.6 is 0 Å². The number of carbonyl (C=O) groups is 1. The molecule has 0 aliphatic rings. The van der Waals surface area contributed by atoms with Gasteiger partial charge in [0.2, 0.25) is 0 Å². The normalized spacial score (nSPS) is 11.5. The van der Waals surface area contributed by atoms with Crippen molar-refractivity contribution in [1.29, 1.82) is 0 Å². The highest BCUT2D eigenvalue weighted by atomic mass is 19.1. The molecule has 1 heterocycles.